The smallest absolute Gasteiger partial charge is 0.211 e. The monoisotopic (exact) mass is 203 g/mol. The summed E-state index contributed by atoms with van der Waals surface area (Å²) in [7, 11) is 0. The van der Waals surface area contributed by atoms with Crippen LogP contribution >= 0.6 is 11.3 Å². The summed E-state index contributed by atoms with van der Waals surface area (Å²) in [4.78, 5) is 11.5. The molecule has 0 bridgehead atoms. The van der Waals surface area contributed by atoms with Gasteiger partial charge in [-0.3, -0.25) is 4.79 Å². The van der Waals surface area contributed by atoms with Crippen molar-refractivity contribution in [2.75, 3.05) is 5.32 Å². The number of thiophene rings is 1. The quantitative estimate of drug-likeness (QED) is 0.763. The second kappa shape index (κ2) is 4.07. The van der Waals surface area contributed by atoms with E-state index in [9.17, 15) is 4.79 Å². The van der Waals surface area contributed by atoms with Gasteiger partial charge in [-0.05, 0) is 29.1 Å². The number of hydrogen-bond donors (Lipinski definition) is 1. The molecule has 0 spiro atoms. The third-order valence-corrected chi connectivity index (χ3v) is 2.81. The van der Waals surface area contributed by atoms with Crippen LogP contribution in [0.15, 0.2) is 41.8 Å². The highest BCUT2D eigenvalue weighted by Crippen LogP contribution is 2.26. The van der Waals surface area contributed by atoms with Crippen LogP contribution in [0.5, 0.6) is 0 Å². The van der Waals surface area contributed by atoms with Crippen LogP contribution in [-0.2, 0) is 4.79 Å². The van der Waals surface area contributed by atoms with Gasteiger partial charge in [0.15, 0.2) is 0 Å². The molecule has 3 heteroatoms. The molecule has 1 amide bonds. The molecule has 0 aliphatic rings. The minimum absolute atomic E-state index is 0.688. The van der Waals surface area contributed by atoms with Gasteiger partial charge in [0.25, 0.3) is 0 Å². The van der Waals surface area contributed by atoms with Gasteiger partial charge in [-0.1, -0.05) is 18.2 Å². The molecule has 1 aromatic carbocycles. The molecule has 0 saturated heterocycles. The van der Waals surface area contributed by atoms with E-state index in [-0.39, 0.29) is 0 Å². The molecule has 1 heterocycles. The molecule has 2 rings (SSSR count). The van der Waals surface area contributed by atoms with Gasteiger partial charge in [-0.15, -0.1) is 11.3 Å². The molecule has 2 aromatic rings. The topological polar surface area (TPSA) is 29.1 Å². The maximum atomic E-state index is 10.3. The van der Waals surface area contributed by atoms with Crippen molar-refractivity contribution >= 4 is 23.4 Å². The summed E-state index contributed by atoms with van der Waals surface area (Å²) in [6.45, 7) is 0. The van der Waals surface area contributed by atoms with Gasteiger partial charge >= 0.3 is 0 Å². The van der Waals surface area contributed by atoms with Crippen molar-refractivity contribution in [2.24, 2.45) is 0 Å². The summed E-state index contributed by atoms with van der Waals surface area (Å²) in [5.41, 5.74) is 1.96. The zero-order valence-electron chi connectivity index (χ0n) is 7.44. The highest BCUT2D eigenvalue weighted by Gasteiger charge is 1.98. The molecular formula is C11H9NOS. The highest BCUT2D eigenvalue weighted by atomic mass is 32.1. The molecule has 1 aromatic heterocycles. The van der Waals surface area contributed by atoms with Gasteiger partial charge in [0.2, 0.25) is 6.41 Å². The summed E-state index contributed by atoms with van der Waals surface area (Å²) < 4.78 is 0. The Balaban J connectivity index is 2.35. The molecule has 2 nitrogen and oxygen atoms in total. The fourth-order valence-electron chi connectivity index (χ4n) is 1.27. The Bertz CT molecular complexity index is 423. The van der Waals surface area contributed by atoms with Gasteiger partial charge in [-0.25, -0.2) is 0 Å². The number of amides is 1. The van der Waals surface area contributed by atoms with Crippen molar-refractivity contribution in [3.8, 4) is 10.4 Å². The van der Waals surface area contributed by atoms with Gasteiger partial charge < -0.3 is 5.32 Å². The third-order valence-electron chi connectivity index (χ3n) is 1.89. The molecule has 70 valence electrons. The van der Waals surface area contributed by atoms with Crippen molar-refractivity contribution in [3.05, 3.63) is 41.8 Å². The van der Waals surface area contributed by atoms with E-state index in [1.165, 1.54) is 4.88 Å². The standard InChI is InChI=1S/C11H9NOS/c13-8-12-10-4-1-3-9(7-10)11-5-2-6-14-11/h1-8H,(H,12,13). The first kappa shape index (κ1) is 8.97. The molecule has 0 aliphatic carbocycles. The van der Waals surface area contributed by atoms with Crippen molar-refractivity contribution in [1.82, 2.24) is 0 Å². The first-order chi connectivity index (χ1) is 6.90. The van der Waals surface area contributed by atoms with Gasteiger partial charge in [0.1, 0.15) is 0 Å². The molecule has 14 heavy (non-hydrogen) atoms. The zero-order valence-corrected chi connectivity index (χ0v) is 8.25. The summed E-state index contributed by atoms with van der Waals surface area (Å²) in [5, 5.41) is 4.67. The van der Waals surface area contributed by atoms with E-state index in [1.54, 1.807) is 11.3 Å². The number of nitrogens with one attached hydrogen (secondary N) is 1. The van der Waals surface area contributed by atoms with Crippen LogP contribution in [0.4, 0.5) is 5.69 Å². The third kappa shape index (κ3) is 1.83. The van der Waals surface area contributed by atoms with Gasteiger partial charge in [0, 0.05) is 10.6 Å². The number of rotatable bonds is 3. The highest BCUT2D eigenvalue weighted by molar-refractivity contribution is 7.13. The lowest BCUT2D eigenvalue weighted by atomic mass is 10.2. The first-order valence-electron chi connectivity index (χ1n) is 4.24. The second-order valence-electron chi connectivity index (χ2n) is 2.82. The van der Waals surface area contributed by atoms with Crippen molar-refractivity contribution in [1.29, 1.82) is 0 Å². The van der Waals surface area contributed by atoms with Crippen LogP contribution in [0.1, 0.15) is 0 Å². The zero-order chi connectivity index (χ0) is 9.80. The lowest BCUT2D eigenvalue weighted by Gasteiger charge is -2.01. The average molecular weight is 203 g/mol. The molecular weight excluding hydrogens is 194 g/mol. The minimum Gasteiger partial charge on any atom is -0.329 e. The molecule has 0 saturated carbocycles. The van der Waals surface area contributed by atoms with E-state index in [1.807, 2.05) is 35.7 Å². The van der Waals surface area contributed by atoms with Crippen LogP contribution in [0.3, 0.4) is 0 Å². The molecule has 0 radical (unpaired) electrons. The predicted octanol–water partition coefficient (Wildman–Crippen LogP) is 2.98. The summed E-state index contributed by atoms with van der Waals surface area (Å²) in [6.07, 6.45) is 0.688. The van der Waals surface area contributed by atoms with E-state index in [0.717, 1.165) is 11.3 Å². The lowest BCUT2D eigenvalue weighted by molar-refractivity contribution is -0.105. The van der Waals surface area contributed by atoms with Crippen LogP contribution in [0.2, 0.25) is 0 Å². The fourth-order valence-corrected chi connectivity index (χ4v) is 2.00. The Morgan fingerprint density at radius 2 is 2.14 bits per heavy atom. The van der Waals surface area contributed by atoms with Gasteiger partial charge in [0.05, 0.1) is 0 Å². The van der Waals surface area contributed by atoms with Crippen molar-refractivity contribution in [3.63, 3.8) is 0 Å². The fraction of sp³-hybridized carbons (Fsp3) is 0. The maximum absolute atomic E-state index is 10.3. The van der Waals surface area contributed by atoms with Crippen LogP contribution < -0.4 is 5.32 Å². The maximum Gasteiger partial charge on any atom is 0.211 e. The Morgan fingerprint density at radius 3 is 2.86 bits per heavy atom. The lowest BCUT2D eigenvalue weighted by Crippen LogP contribution is -1.92. The largest absolute Gasteiger partial charge is 0.329 e. The summed E-state index contributed by atoms with van der Waals surface area (Å²) >= 11 is 1.69. The molecule has 0 aliphatic heterocycles. The minimum atomic E-state index is 0.688. The second-order valence-corrected chi connectivity index (χ2v) is 3.77. The van der Waals surface area contributed by atoms with E-state index >= 15 is 0 Å². The normalized spacial score (nSPS) is 9.71. The molecule has 1 N–H and O–H groups in total. The van der Waals surface area contributed by atoms with Crippen molar-refractivity contribution in [2.45, 2.75) is 0 Å². The number of benzene rings is 1. The molecule has 0 unspecified atom stereocenters. The van der Waals surface area contributed by atoms with Crippen molar-refractivity contribution < 1.29 is 4.79 Å². The van der Waals surface area contributed by atoms with E-state index in [4.69, 9.17) is 0 Å². The van der Waals surface area contributed by atoms with Gasteiger partial charge in [-0.2, -0.15) is 0 Å². The van der Waals surface area contributed by atoms with E-state index in [0.29, 0.717) is 6.41 Å². The Morgan fingerprint density at radius 1 is 1.21 bits per heavy atom. The SMILES string of the molecule is O=CNc1cccc(-c2cccs2)c1. The molecule has 0 fully saturated rings. The molecule has 0 atom stereocenters. The average Bonchev–Trinajstić information content (AvgIpc) is 2.71. The Hall–Kier alpha value is -1.61. The van der Waals surface area contributed by atoms with Crippen LogP contribution in [-0.4, -0.2) is 6.41 Å². The summed E-state index contributed by atoms with van der Waals surface area (Å²) in [5.74, 6) is 0. The van der Waals surface area contributed by atoms with Crippen LogP contribution in [0, 0.1) is 0 Å². The van der Waals surface area contributed by atoms with Crippen LogP contribution in [0.25, 0.3) is 10.4 Å². The Kier molecular flexibility index (Phi) is 2.60. The number of anilines is 1. The first-order valence-corrected chi connectivity index (χ1v) is 5.12. The Labute approximate surface area is 86.2 Å². The van der Waals surface area contributed by atoms with E-state index < -0.39 is 0 Å². The number of hydrogen-bond acceptors (Lipinski definition) is 2. The predicted molar refractivity (Wildman–Crippen MR) is 59.4 cm³/mol. The number of carbonyl (C=O) groups is 1. The number of carbonyl (C=O) groups excluding carboxylic acids is 1. The summed E-state index contributed by atoms with van der Waals surface area (Å²) in [6, 6.07) is 11.9. The van der Waals surface area contributed by atoms with E-state index in [2.05, 4.69) is 11.4 Å².